The molecule has 4 aliphatic rings. The topological polar surface area (TPSA) is 160 Å². The predicted molar refractivity (Wildman–Crippen MR) is 187 cm³/mol. The Hall–Kier alpha value is -3.76. The maximum absolute atomic E-state index is 14.4. The average molecular weight is 673 g/mol. The van der Waals surface area contributed by atoms with Crippen molar-refractivity contribution in [3.63, 3.8) is 0 Å². The second-order valence-corrected chi connectivity index (χ2v) is 15.9. The van der Waals surface area contributed by atoms with E-state index in [1.54, 1.807) is 6.07 Å². The molecular weight excluding hydrogens is 620 g/mol. The number of phenolic OH excluding ortho intramolecular Hbond substituents is 1. The average Bonchev–Trinajstić information content (AvgIpc) is 3.06. The molecule has 0 bridgehead atoms. The van der Waals surface area contributed by atoms with Crippen molar-refractivity contribution in [2.75, 3.05) is 25.2 Å². The number of imide groups is 1. The summed E-state index contributed by atoms with van der Waals surface area (Å²) in [5.74, 6) is -0.716. The molecule has 6 N–H and O–H groups in total. The molecule has 0 unspecified atom stereocenters. The maximum Gasteiger partial charge on any atom is 0.250 e. The van der Waals surface area contributed by atoms with E-state index in [0.29, 0.717) is 12.1 Å². The number of nitrogens with two attached hydrogens (primary N) is 1. The van der Waals surface area contributed by atoms with Gasteiger partial charge in [-0.2, -0.15) is 0 Å². The molecule has 0 saturated heterocycles. The molecule has 4 amide bonds. The van der Waals surface area contributed by atoms with Gasteiger partial charge < -0.3 is 26.2 Å². The molecule has 6 rings (SSSR count). The van der Waals surface area contributed by atoms with Gasteiger partial charge in [-0.3, -0.25) is 24.5 Å². The summed E-state index contributed by atoms with van der Waals surface area (Å²) in [6, 6.07) is 11.6. The van der Waals surface area contributed by atoms with E-state index in [9.17, 15) is 24.3 Å². The summed E-state index contributed by atoms with van der Waals surface area (Å²) in [6.07, 6.45) is 8.41. The van der Waals surface area contributed by atoms with Crippen LogP contribution in [0.2, 0.25) is 0 Å². The molecule has 0 aromatic heterocycles. The van der Waals surface area contributed by atoms with Gasteiger partial charge >= 0.3 is 0 Å². The summed E-state index contributed by atoms with van der Waals surface area (Å²) in [5, 5.41) is 18.7. The van der Waals surface area contributed by atoms with Gasteiger partial charge in [0.25, 0.3) is 0 Å². The summed E-state index contributed by atoms with van der Waals surface area (Å²) in [4.78, 5) is 52.7. The van der Waals surface area contributed by atoms with Gasteiger partial charge in [0.15, 0.2) is 0 Å². The van der Waals surface area contributed by atoms with Gasteiger partial charge in [0.05, 0.1) is 17.4 Å². The zero-order valence-corrected chi connectivity index (χ0v) is 29.4. The van der Waals surface area contributed by atoms with Crippen molar-refractivity contribution < 1.29 is 29.0 Å². The molecule has 6 atom stereocenters. The van der Waals surface area contributed by atoms with Crippen molar-refractivity contribution in [2.24, 2.45) is 28.4 Å². The van der Waals surface area contributed by atoms with Crippen LogP contribution in [0.25, 0.3) is 0 Å². The Balaban J connectivity index is 1.18. The van der Waals surface area contributed by atoms with E-state index in [1.807, 2.05) is 38.1 Å². The van der Waals surface area contributed by atoms with Crippen LogP contribution >= 0.6 is 0 Å². The number of aromatic hydroxyl groups is 1. The van der Waals surface area contributed by atoms with E-state index in [4.69, 9.17) is 10.5 Å². The summed E-state index contributed by atoms with van der Waals surface area (Å²) in [7, 11) is 0. The Morgan fingerprint density at radius 3 is 1.92 bits per heavy atom. The molecule has 2 aromatic rings. The second kappa shape index (κ2) is 13.2. The van der Waals surface area contributed by atoms with Crippen molar-refractivity contribution in [1.82, 2.24) is 10.6 Å². The molecule has 49 heavy (non-hydrogen) atoms. The molecule has 0 heterocycles. The van der Waals surface area contributed by atoms with Crippen LogP contribution in [0, 0.1) is 22.7 Å². The van der Waals surface area contributed by atoms with Crippen LogP contribution in [0.1, 0.15) is 101 Å². The number of fused-ring (bicyclic) bond motifs is 6. The number of aryl methyl sites for hydroxylation is 2. The number of rotatable bonds is 8. The third-order valence-corrected chi connectivity index (χ3v) is 13.0. The number of benzene rings is 2. The number of ether oxygens (including phenoxy) is 1. The Kier molecular flexibility index (Phi) is 9.43. The third-order valence-electron chi connectivity index (χ3n) is 13.0. The van der Waals surface area contributed by atoms with Crippen LogP contribution in [0.3, 0.4) is 0 Å². The predicted octanol–water partition coefficient (Wildman–Crippen LogP) is 4.74. The van der Waals surface area contributed by atoms with Crippen LogP contribution < -0.4 is 21.7 Å². The number of amides is 4. The largest absolute Gasteiger partial charge is 0.508 e. The van der Waals surface area contributed by atoms with E-state index in [2.05, 4.69) is 35.9 Å². The Morgan fingerprint density at radius 2 is 1.35 bits per heavy atom. The zero-order chi connectivity index (χ0) is 35.2. The highest BCUT2D eigenvalue weighted by Gasteiger charge is 2.58. The summed E-state index contributed by atoms with van der Waals surface area (Å²) in [6.45, 7) is 8.09. The molecule has 4 aliphatic carbocycles. The standard InChI is InChI=1S/C39H52N4O6/c1-36-15-5-17-38(3,30(36)13-9-24-7-11-26(19-28(24)36)42-33(46)22-49-23-41-32(45)21-40)34(47)43-35(48)39(4)18-6-16-37(2)29-20-27(44)12-8-25(29)10-14-31(37)39/h7-8,11-12,19-20,30-31,44H,5-6,9-10,13-18,21-23,40H2,1-4H3,(H,41,45)(H,42,46)(H,43,47,48)/t30-,31-,36-,37-,38+,39+/m1/s1. The number of phenols is 1. The van der Waals surface area contributed by atoms with Gasteiger partial charge in [0.2, 0.25) is 23.6 Å². The number of hydrogen-bond acceptors (Lipinski definition) is 7. The Morgan fingerprint density at radius 1 is 0.796 bits per heavy atom. The third kappa shape index (κ3) is 6.16. The Labute approximate surface area is 289 Å². The number of hydrogen-bond donors (Lipinski definition) is 5. The molecule has 10 nitrogen and oxygen atoms in total. The summed E-state index contributed by atoms with van der Waals surface area (Å²) in [5.41, 5.74) is 8.67. The van der Waals surface area contributed by atoms with E-state index in [1.165, 1.54) is 11.1 Å². The van der Waals surface area contributed by atoms with Crippen molar-refractivity contribution in [1.29, 1.82) is 0 Å². The van der Waals surface area contributed by atoms with Gasteiger partial charge in [0, 0.05) is 5.69 Å². The van der Waals surface area contributed by atoms with E-state index < -0.39 is 10.8 Å². The number of carbonyl (C=O) groups excluding carboxylic acids is 4. The normalized spacial score (nSPS) is 31.6. The van der Waals surface area contributed by atoms with Crippen LogP contribution in [0.5, 0.6) is 5.75 Å². The van der Waals surface area contributed by atoms with Gasteiger partial charge in [-0.25, -0.2) is 0 Å². The molecule has 2 saturated carbocycles. The molecule has 0 aliphatic heterocycles. The highest BCUT2D eigenvalue weighted by atomic mass is 16.5. The lowest BCUT2D eigenvalue weighted by Gasteiger charge is -2.56. The minimum atomic E-state index is -0.735. The van der Waals surface area contributed by atoms with Crippen molar-refractivity contribution in [3.8, 4) is 5.75 Å². The van der Waals surface area contributed by atoms with Gasteiger partial charge in [-0.1, -0.05) is 52.7 Å². The smallest absolute Gasteiger partial charge is 0.250 e. The molecule has 2 aromatic carbocycles. The highest BCUT2D eigenvalue weighted by molar-refractivity contribution is 6.01. The fourth-order valence-corrected chi connectivity index (χ4v) is 10.5. The lowest BCUT2D eigenvalue weighted by atomic mass is 9.49. The van der Waals surface area contributed by atoms with Crippen LogP contribution in [0.15, 0.2) is 36.4 Å². The zero-order valence-electron chi connectivity index (χ0n) is 29.4. The quantitative estimate of drug-likeness (QED) is 0.154. The van der Waals surface area contributed by atoms with Crippen molar-refractivity contribution >= 4 is 29.3 Å². The monoisotopic (exact) mass is 672 g/mol. The molecule has 10 heteroatoms. The van der Waals surface area contributed by atoms with E-state index in [0.717, 1.165) is 68.9 Å². The fraction of sp³-hybridized carbons (Fsp3) is 0.590. The minimum Gasteiger partial charge on any atom is -0.508 e. The number of carbonyl (C=O) groups is 4. The van der Waals surface area contributed by atoms with E-state index in [-0.39, 0.29) is 71.9 Å². The first-order valence-electron chi connectivity index (χ1n) is 17.9. The maximum atomic E-state index is 14.4. The number of nitrogens with one attached hydrogen (secondary N) is 3. The van der Waals surface area contributed by atoms with Gasteiger partial charge in [-0.15, -0.1) is 0 Å². The van der Waals surface area contributed by atoms with Crippen LogP contribution in [-0.4, -0.2) is 48.6 Å². The Bertz CT molecular complexity index is 1660. The molecule has 0 spiro atoms. The first-order valence-corrected chi connectivity index (χ1v) is 17.9. The van der Waals surface area contributed by atoms with Gasteiger partial charge in [0.1, 0.15) is 19.1 Å². The lowest BCUT2D eigenvalue weighted by molar-refractivity contribution is -0.150. The summed E-state index contributed by atoms with van der Waals surface area (Å²) < 4.78 is 5.27. The second-order valence-electron chi connectivity index (χ2n) is 15.9. The van der Waals surface area contributed by atoms with E-state index >= 15 is 0 Å². The molecular formula is C39H52N4O6. The lowest BCUT2D eigenvalue weighted by Crippen LogP contribution is -2.60. The first kappa shape index (κ1) is 35.1. The fourth-order valence-electron chi connectivity index (χ4n) is 10.5. The summed E-state index contributed by atoms with van der Waals surface area (Å²) >= 11 is 0. The molecule has 2 fully saturated rings. The van der Waals surface area contributed by atoms with Gasteiger partial charge in [-0.05, 0) is 121 Å². The SMILES string of the molecule is C[C@]1(C(=O)NC(=O)[C@@]2(C)CCC[C@]3(C)c4cc(NC(=O)COCNC(=O)CN)ccc4CC[C@@H]23)CCC[C@]2(C)c3cc(O)ccc3CC[C@@H]12. The van der Waals surface area contributed by atoms with Crippen molar-refractivity contribution in [2.45, 2.75) is 103 Å². The van der Waals surface area contributed by atoms with Crippen LogP contribution in [0.4, 0.5) is 5.69 Å². The highest BCUT2D eigenvalue weighted by Crippen LogP contribution is 2.59. The first-order chi connectivity index (χ1) is 23.2. The van der Waals surface area contributed by atoms with Crippen LogP contribution in [-0.2, 0) is 47.6 Å². The number of anilines is 1. The molecule has 0 radical (unpaired) electrons. The molecule has 264 valence electrons. The van der Waals surface area contributed by atoms with Crippen molar-refractivity contribution in [3.05, 3.63) is 58.7 Å². The minimum absolute atomic E-state index is 0.0171.